The van der Waals surface area contributed by atoms with E-state index in [2.05, 4.69) is 15.4 Å². The van der Waals surface area contributed by atoms with E-state index in [0.29, 0.717) is 28.0 Å². The topological polar surface area (TPSA) is 138 Å². The predicted octanol–water partition coefficient (Wildman–Crippen LogP) is 5.19. The molecule has 0 unspecified atom stereocenters. The molecule has 0 spiro atoms. The Kier molecular flexibility index (Phi) is 8.00. The number of aromatic nitrogens is 2. The Morgan fingerprint density at radius 3 is 2.50 bits per heavy atom. The molecule has 0 atom stereocenters. The zero-order chi connectivity index (χ0) is 29.6. The number of fused-ring (bicyclic) bond motifs is 1. The number of aryl methyl sites for hydroxylation is 1. The van der Waals surface area contributed by atoms with E-state index in [0.717, 1.165) is 10.2 Å². The Morgan fingerprint density at radius 1 is 1.05 bits per heavy atom. The summed E-state index contributed by atoms with van der Waals surface area (Å²) in [5.74, 6) is -0.393. The average Bonchev–Trinajstić information content (AvgIpc) is 3.00. The highest BCUT2D eigenvalue weighted by molar-refractivity contribution is 5.93. The fourth-order valence-corrected chi connectivity index (χ4v) is 4.28. The summed E-state index contributed by atoms with van der Waals surface area (Å²) in [5, 5.41) is 19.5. The third-order valence-electron chi connectivity index (χ3n) is 6.35. The number of benzene rings is 4. The van der Waals surface area contributed by atoms with Crippen LogP contribution in [0.15, 0.2) is 101 Å². The van der Waals surface area contributed by atoms with E-state index in [1.165, 1.54) is 25.5 Å². The molecule has 11 heteroatoms. The molecule has 5 aromatic rings. The molecule has 0 aliphatic rings. The molecule has 0 radical (unpaired) electrons. The van der Waals surface area contributed by atoms with E-state index in [4.69, 9.17) is 9.47 Å². The highest BCUT2D eigenvalue weighted by Crippen LogP contribution is 2.38. The first-order valence-electron chi connectivity index (χ1n) is 12.8. The number of carbonyl (C=O) groups is 1. The minimum atomic E-state index is -0.645. The van der Waals surface area contributed by atoms with Crippen molar-refractivity contribution in [3.05, 3.63) is 123 Å². The van der Waals surface area contributed by atoms with Crippen molar-refractivity contribution >= 4 is 34.4 Å². The standard InChI is InChI=1S/C31H25N5O6/c1-20-10-6-8-14-24(20)33-28(37)19-42-29-26(36(39)40)16-21(17-27(29)41-2)18-32-35-30(22-11-4-3-5-12-22)34-25-15-9-7-13-23(25)31(35)38/h3-18H,19H2,1-2H3,(H,33,37). The number of para-hydroxylation sites is 2. The van der Waals surface area contributed by atoms with Gasteiger partial charge in [-0.1, -0.05) is 60.7 Å². The van der Waals surface area contributed by atoms with Crippen molar-refractivity contribution in [1.29, 1.82) is 0 Å². The summed E-state index contributed by atoms with van der Waals surface area (Å²) >= 11 is 0. The summed E-state index contributed by atoms with van der Waals surface area (Å²) in [4.78, 5) is 41.9. The Bertz CT molecular complexity index is 1890. The lowest BCUT2D eigenvalue weighted by Crippen LogP contribution is -2.21. The zero-order valence-electron chi connectivity index (χ0n) is 22.7. The first kappa shape index (κ1) is 27.7. The molecule has 5 rings (SSSR count). The number of nitro benzene ring substituents is 1. The third-order valence-corrected chi connectivity index (χ3v) is 6.35. The van der Waals surface area contributed by atoms with Crippen LogP contribution < -0.4 is 20.3 Å². The summed E-state index contributed by atoms with van der Waals surface area (Å²) in [6.45, 7) is 1.35. The molecule has 0 saturated carbocycles. The van der Waals surface area contributed by atoms with Gasteiger partial charge in [-0.25, -0.2) is 4.98 Å². The molecule has 1 N–H and O–H groups in total. The maximum absolute atomic E-state index is 13.4. The number of nitrogens with zero attached hydrogens (tertiary/aromatic N) is 4. The first-order chi connectivity index (χ1) is 20.4. The SMILES string of the molecule is COc1cc(C=Nn2c(-c3ccccc3)nc3ccccc3c2=O)cc([N+](=O)[O-])c1OCC(=O)Nc1ccccc1C. The van der Waals surface area contributed by atoms with Gasteiger partial charge < -0.3 is 14.8 Å². The van der Waals surface area contributed by atoms with Gasteiger partial charge in [0.25, 0.3) is 11.5 Å². The molecule has 0 aliphatic heterocycles. The van der Waals surface area contributed by atoms with Gasteiger partial charge >= 0.3 is 5.69 Å². The van der Waals surface area contributed by atoms with Gasteiger partial charge in [-0.3, -0.25) is 19.7 Å². The lowest BCUT2D eigenvalue weighted by molar-refractivity contribution is -0.385. The van der Waals surface area contributed by atoms with Gasteiger partial charge in [0.1, 0.15) is 0 Å². The summed E-state index contributed by atoms with van der Waals surface area (Å²) < 4.78 is 12.1. The second-order valence-electron chi connectivity index (χ2n) is 9.16. The molecule has 1 amide bonds. The molecule has 11 nitrogen and oxygen atoms in total. The van der Waals surface area contributed by atoms with E-state index in [1.54, 1.807) is 48.5 Å². The smallest absolute Gasteiger partial charge is 0.315 e. The van der Waals surface area contributed by atoms with E-state index in [9.17, 15) is 19.7 Å². The van der Waals surface area contributed by atoms with Crippen molar-refractivity contribution in [2.24, 2.45) is 5.10 Å². The summed E-state index contributed by atoms with van der Waals surface area (Å²) in [6, 6.07) is 25.9. The van der Waals surface area contributed by atoms with Gasteiger partial charge in [-0.15, -0.1) is 0 Å². The van der Waals surface area contributed by atoms with Crippen LogP contribution in [0.4, 0.5) is 11.4 Å². The fourth-order valence-electron chi connectivity index (χ4n) is 4.28. The van der Waals surface area contributed by atoms with Crippen LogP contribution in [-0.4, -0.2) is 40.4 Å². The Morgan fingerprint density at radius 2 is 1.76 bits per heavy atom. The Balaban J connectivity index is 1.49. The van der Waals surface area contributed by atoms with Crippen LogP contribution in [0, 0.1) is 17.0 Å². The van der Waals surface area contributed by atoms with Crippen molar-refractivity contribution in [2.75, 3.05) is 19.0 Å². The molecule has 210 valence electrons. The van der Waals surface area contributed by atoms with E-state index in [-0.39, 0.29) is 17.1 Å². The fraction of sp³-hybridized carbons (Fsp3) is 0.0968. The lowest BCUT2D eigenvalue weighted by atomic mass is 10.1. The number of hydrogen-bond donors (Lipinski definition) is 1. The number of nitrogens with one attached hydrogen (secondary N) is 1. The van der Waals surface area contributed by atoms with Crippen LogP contribution in [0.25, 0.3) is 22.3 Å². The number of amides is 1. The number of carbonyl (C=O) groups excluding carboxylic acids is 1. The Labute approximate surface area is 239 Å². The van der Waals surface area contributed by atoms with Gasteiger partial charge in [-0.05, 0) is 36.8 Å². The minimum absolute atomic E-state index is 0.0154. The van der Waals surface area contributed by atoms with Crippen LogP contribution in [0.5, 0.6) is 11.5 Å². The highest BCUT2D eigenvalue weighted by Gasteiger charge is 2.23. The number of rotatable bonds is 9. The molecule has 42 heavy (non-hydrogen) atoms. The van der Waals surface area contributed by atoms with Gasteiger partial charge in [0, 0.05) is 22.9 Å². The van der Waals surface area contributed by atoms with Gasteiger partial charge in [-0.2, -0.15) is 9.78 Å². The van der Waals surface area contributed by atoms with Crippen molar-refractivity contribution in [1.82, 2.24) is 9.66 Å². The largest absolute Gasteiger partial charge is 0.493 e. The monoisotopic (exact) mass is 563 g/mol. The number of hydrogen-bond acceptors (Lipinski definition) is 8. The van der Waals surface area contributed by atoms with Gasteiger partial charge in [0.05, 0.1) is 29.2 Å². The summed E-state index contributed by atoms with van der Waals surface area (Å²) in [6.07, 6.45) is 1.30. The molecule has 4 aromatic carbocycles. The number of anilines is 1. The van der Waals surface area contributed by atoms with Crippen LogP contribution in [0.2, 0.25) is 0 Å². The van der Waals surface area contributed by atoms with Crippen LogP contribution in [0.1, 0.15) is 11.1 Å². The maximum Gasteiger partial charge on any atom is 0.315 e. The van der Waals surface area contributed by atoms with E-state index in [1.807, 2.05) is 37.3 Å². The number of methoxy groups -OCH3 is 1. The highest BCUT2D eigenvalue weighted by atomic mass is 16.6. The van der Waals surface area contributed by atoms with Crippen LogP contribution in [-0.2, 0) is 4.79 Å². The first-order valence-corrected chi connectivity index (χ1v) is 12.8. The molecule has 0 saturated heterocycles. The number of nitro groups is 1. The molecular formula is C31H25N5O6. The van der Waals surface area contributed by atoms with Gasteiger partial charge in [0.2, 0.25) is 5.75 Å². The van der Waals surface area contributed by atoms with E-state index >= 15 is 0 Å². The average molecular weight is 564 g/mol. The molecule has 1 heterocycles. The van der Waals surface area contributed by atoms with Crippen molar-refractivity contribution in [3.8, 4) is 22.9 Å². The lowest BCUT2D eigenvalue weighted by Gasteiger charge is -2.13. The summed E-state index contributed by atoms with van der Waals surface area (Å²) in [5.41, 5.74) is 2.05. The van der Waals surface area contributed by atoms with Crippen molar-refractivity contribution < 1.29 is 19.2 Å². The molecule has 0 fully saturated rings. The second kappa shape index (κ2) is 12.1. The third kappa shape index (κ3) is 5.85. The Hall–Kier alpha value is -5.84. The zero-order valence-corrected chi connectivity index (χ0v) is 22.7. The van der Waals surface area contributed by atoms with Crippen molar-refractivity contribution in [3.63, 3.8) is 0 Å². The quantitative estimate of drug-likeness (QED) is 0.148. The maximum atomic E-state index is 13.4. The number of ether oxygens (including phenoxy) is 2. The van der Waals surface area contributed by atoms with Crippen molar-refractivity contribution in [2.45, 2.75) is 6.92 Å². The minimum Gasteiger partial charge on any atom is -0.493 e. The van der Waals surface area contributed by atoms with Crippen LogP contribution in [0.3, 0.4) is 0 Å². The second-order valence-corrected chi connectivity index (χ2v) is 9.16. The summed E-state index contributed by atoms with van der Waals surface area (Å²) in [7, 11) is 1.32. The van der Waals surface area contributed by atoms with E-state index < -0.39 is 28.7 Å². The molecule has 0 bridgehead atoms. The normalized spacial score (nSPS) is 11.0. The van der Waals surface area contributed by atoms with Crippen LogP contribution >= 0.6 is 0 Å². The molecular weight excluding hydrogens is 538 g/mol. The molecule has 0 aliphatic carbocycles. The van der Waals surface area contributed by atoms with Gasteiger partial charge in [0.15, 0.2) is 18.2 Å². The predicted molar refractivity (Wildman–Crippen MR) is 159 cm³/mol. The molecule has 1 aromatic heterocycles.